The maximum absolute atomic E-state index is 5.52. The molecule has 18 heavy (non-hydrogen) atoms. The molecule has 100 valence electrons. The second-order valence-corrected chi connectivity index (χ2v) is 5.57. The Morgan fingerprint density at radius 1 is 1.17 bits per heavy atom. The molecule has 0 aromatic heterocycles. The van der Waals surface area contributed by atoms with Gasteiger partial charge in [-0.05, 0) is 49.0 Å². The van der Waals surface area contributed by atoms with Gasteiger partial charge < -0.3 is 4.74 Å². The minimum atomic E-state index is 0.518. The lowest BCUT2D eigenvalue weighted by molar-refractivity contribution is 0.220. The first-order valence-electron chi connectivity index (χ1n) is 7.10. The van der Waals surface area contributed by atoms with E-state index in [1.54, 1.807) is 7.11 Å². The van der Waals surface area contributed by atoms with Gasteiger partial charge in [-0.25, -0.2) is 0 Å². The summed E-state index contributed by atoms with van der Waals surface area (Å²) in [5.41, 5.74) is 2.68. The van der Waals surface area contributed by atoms with Crippen molar-refractivity contribution in [3.63, 3.8) is 0 Å². The summed E-state index contributed by atoms with van der Waals surface area (Å²) in [6.45, 7) is 7.97. The Hall–Kier alpha value is -1.02. The lowest BCUT2D eigenvalue weighted by Crippen LogP contribution is -2.29. The summed E-state index contributed by atoms with van der Waals surface area (Å²) in [4.78, 5) is 2.55. The van der Waals surface area contributed by atoms with E-state index in [0.717, 1.165) is 12.3 Å². The van der Waals surface area contributed by atoms with Gasteiger partial charge >= 0.3 is 0 Å². The highest BCUT2D eigenvalue weighted by Gasteiger charge is 2.12. The Morgan fingerprint density at radius 2 is 1.89 bits per heavy atom. The Bertz CT molecular complexity index is 381. The van der Waals surface area contributed by atoms with Gasteiger partial charge in [-0.1, -0.05) is 32.4 Å². The van der Waals surface area contributed by atoms with Crippen LogP contribution in [0.3, 0.4) is 0 Å². The standard InChI is InChI=1S/C16H25NO/c1-13(2)15-8-7-14(11-16(15)18-3)12-17-9-5-4-6-10-17/h7-8,11,13H,4-6,9-10,12H2,1-3H3. The summed E-state index contributed by atoms with van der Waals surface area (Å²) < 4.78 is 5.52. The van der Waals surface area contributed by atoms with Gasteiger partial charge in [0.1, 0.15) is 5.75 Å². The molecular weight excluding hydrogens is 222 g/mol. The van der Waals surface area contributed by atoms with Crippen LogP contribution in [0.5, 0.6) is 5.75 Å². The van der Waals surface area contributed by atoms with Crippen LogP contribution < -0.4 is 4.74 Å². The fourth-order valence-electron chi connectivity index (χ4n) is 2.71. The zero-order chi connectivity index (χ0) is 13.0. The van der Waals surface area contributed by atoms with Crippen molar-refractivity contribution in [1.29, 1.82) is 0 Å². The van der Waals surface area contributed by atoms with E-state index in [0.29, 0.717) is 5.92 Å². The number of rotatable bonds is 4. The molecule has 0 aliphatic carbocycles. The van der Waals surface area contributed by atoms with Crippen LogP contribution in [-0.2, 0) is 6.54 Å². The third kappa shape index (κ3) is 3.26. The number of methoxy groups -OCH3 is 1. The fourth-order valence-corrected chi connectivity index (χ4v) is 2.71. The van der Waals surface area contributed by atoms with Gasteiger partial charge in [0.25, 0.3) is 0 Å². The van der Waals surface area contributed by atoms with E-state index < -0.39 is 0 Å². The molecule has 1 heterocycles. The predicted octanol–water partition coefficient (Wildman–Crippen LogP) is 3.80. The molecule has 0 amide bonds. The van der Waals surface area contributed by atoms with Crippen molar-refractivity contribution in [2.75, 3.05) is 20.2 Å². The average Bonchev–Trinajstić information content (AvgIpc) is 2.39. The molecular formula is C16H25NO. The summed E-state index contributed by atoms with van der Waals surface area (Å²) >= 11 is 0. The summed E-state index contributed by atoms with van der Waals surface area (Å²) in [7, 11) is 1.77. The Labute approximate surface area is 111 Å². The van der Waals surface area contributed by atoms with E-state index in [4.69, 9.17) is 4.74 Å². The highest BCUT2D eigenvalue weighted by atomic mass is 16.5. The number of hydrogen-bond donors (Lipinski definition) is 0. The first-order valence-corrected chi connectivity index (χ1v) is 7.10. The van der Waals surface area contributed by atoms with Crippen LogP contribution in [-0.4, -0.2) is 25.1 Å². The predicted molar refractivity (Wildman–Crippen MR) is 76.2 cm³/mol. The molecule has 1 saturated heterocycles. The van der Waals surface area contributed by atoms with E-state index in [1.807, 2.05) is 0 Å². The molecule has 1 aliphatic rings. The fraction of sp³-hybridized carbons (Fsp3) is 0.625. The van der Waals surface area contributed by atoms with Gasteiger partial charge in [0, 0.05) is 6.54 Å². The zero-order valence-electron chi connectivity index (χ0n) is 11.9. The maximum atomic E-state index is 5.52. The minimum Gasteiger partial charge on any atom is -0.496 e. The highest BCUT2D eigenvalue weighted by molar-refractivity contribution is 5.39. The molecule has 1 aromatic rings. The molecule has 0 N–H and O–H groups in total. The number of ether oxygens (including phenoxy) is 1. The van der Waals surface area contributed by atoms with Gasteiger partial charge in [-0.2, -0.15) is 0 Å². The molecule has 1 fully saturated rings. The zero-order valence-corrected chi connectivity index (χ0v) is 11.9. The summed E-state index contributed by atoms with van der Waals surface area (Å²) in [5, 5.41) is 0. The van der Waals surface area contributed by atoms with Crippen LogP contribution in [0, 0.1) is 0 Å². The minimum absolute atomic E-state index is 0.518. The number of benzene rings is 1. The molecule has 2 nitrogen and oxygen atoms in total. The first kappa shape index (κ1) is 13.4. The van der Waals surface area contributed by atoms with Crippen LogP contribution in [0.2, 0.25) is 0 Å². The molecule has 0 saturated carbocycles. The van der Waals surface area contributed by atoms with Crippen molar-refractivity contribution in [3.05, 3.63) is 29.3 Å². The summed E-state index contributed by atoms with van der Waals surface area (Å²) in [6, 6.07) is 6.69. The molecule has 0 unspecified atom stereocenters. The number of nitrogens with zero attached hydrogens (tertiary/aromatic N) is 1. The Kier molecular flexibility index (Phi) is 4.65. The number of piperidine rings is 1. The van der Waals surface area contributed by atoms with E-state index in [9.17, 15) is 0 Å². The molecule has 2 heteroatoms. The van der Waals surface area contributed by atoms with Crippen molar-refractivity contribution >= 4 is 0 Å². The number of likely N-dealkylation sites (tertiary alicyclic amines) is 1. The Balaban J connectivity index is 2.09. The average molecular weight is 247 g/mol. The van der Waals surface area contributed by atoms with Crippen LogP contribution >= 0.6 is 0 Å². The molecule has 0 bridgehead atoms. The monoisotopic (exact) mass is 247 g/mol. The molecule has 0 atom stereocenters. The lowest BCUT2D eigenvalue weighted by atomic mass is 10.00. The lowest BCUT2D eigenvalue weighted by Gasteiger charge is -2.26. The number of hydrogen-bond acceptors (Lipinski definition) is 2. The largest absolute Gasteiger partial charge is 0.496 e. The Morgan fingerprint density at radius 3 is 2.50 bits per heavy atom. The topological polar surface area (TPSA) is 12.5 Å². The third-order valence-electron chi connectivity index (χ3n) is 3.77. The first-order chi connectivity index (χ1) is 8.70. The SMILES string of the molecule is COc1cc(CN2CCCCC2)ccc1C(C)C. The second-order valence-electron chi connectivity index (χ2n) is 5.57. The van der Waals surface area contributed by atoms with Crippen LogP contribution in [0.4, 0.5) is 0 Å². The van der Waals surface area contributed by atoms with Crippen LogP contribution in [0.1, 0.15) is 50.2 Å². The van der Waals surface area contributed by atoms with E-state index in [-0.39, 0.29) is 0 Å². The van der Waals surface area contributed by atoms with Crippen LogP contribution in [0.15, 0.2) is 18.2 Å². The molecule has 0 radical (unpaired) electrons. The van der Waals surface area contributed by atoms with Crippen molar-refractivity contribution < 1.29 is 4.74 Å². The smallest absolute Gasteiger partial charge is 0.122 e. The summed E-state index contributed by atoms with van der Waals surface area (Å²) in [5.74, 6) is 1.56. The van der Waals surface area contributed by atoms with Crippen LogP contribution in [0.25, 0.3) is 0 Å². The quantitative estimate of drug-likeness (QED) is 0.802. The van der Waals surface area contributed by atoms with E-state index >= 15 is 0 Å². The van der Waals surface area contributed by atoms with Crippen molar-refractivity contribution in [1.82, 2.24) is 4.90 Å². The maximum Gasteiger partial charge on any atom is 0.122 e. The van der Waals surface area contributed by atoms with Gasteiger partial charge in [0.2, 0.25) is 0 Å². The molecule has 2 rings (SSSR count). The normalized spacial score (nSPS) is 17.1. The van der Waals surface area contributed by atoms with Gasteiger partial charge in [0.05, 0.1) is 7.11 Å². The van der Waals surface area contributed by atoms with E-state index in [1.165, 1.54) is 43.5 Å². The molecule has 1 aromatic carbocycles. The second kappa shape index (κ2) is 6.24. The highest BCUT2D eigenvalue weighted by Crippen LogP contribution is 2.28. The summed E-state index contributed by atoms with van der Waals surface area (Å²) in [6.07, 6.45) is 4.09. The molecule has 1 aliphatic heterocycles. The van der Waals surface area contributed by atoms with Crippen molar-refractivity contribution in [2.24, 2.45) is 0 Å². The third-order valence-corrected chi connectivity index (χ3v) is 3.77. The van der Waals surface area contributed by atoms with Gasteiger partial charge in [0.15, 0.2) is 0 Å². The van der Waals surface area contributed by atoms with Gasteiger partial charge in [-0.15, -0.1) is 0 Å². The van der Waals surface area contributed by atoms with E-state index in [2.05, 4.69) is 36.9 Å². The molecule has 0 spiro atoms. The van der Waals surface area contributed by atoms with Crippen molar-refractivity contribution in [3.8, 4) is 5.75 Å². The van der Waals surface area contributed by atoms with Gasteiger partial charge in [-0.3, -0.25) is 4.90 Å². The van der Waals surface area contributed by atoms with Crippen molar-refractivity contribution in [2.45, 2.75) is 45.6 Å².